The molecule has 0 saturated heterocycles. The average molecular weight is 331 g/mol. The molecule has 0 aliphatic rings. The van der Waals surface area contributed by atoms with Gasteiger partial charge in [0.15, 0.2) is 11.5 Å². The highest BCUT2D eigenvalue weighted by Gasteiger charge is 2.11. The third-order valence-electron chi connectivity index (χ3n) is 3.68. The Kier molecular flexibility index (Phi) is 7.21. The molecule has 5 heteroatoms. The van der Waals surface area contributed by atoms with Crippen LogP contribution >= 0.6 is 0 Å². The minimum atomic E-state index is -0.181. The van der Waals surface area contributed by atoms with Crippen molar-refractivity contribution in [3.63, 3.8) is 0 Å². The van der Waals surface area contributed by atoms with Crippen LogP contribution in [0.25, 0.3) is 0 Å². The lowest BCUT2D eigenvalue weighted by Gasteiger charge is -2.12. The molecule has 0 atom stereocenters. The van der Waals surface area contributed by atoms with Crippen LogP contribution in [0.5, 0.6) is 11.5 Å². The molecule has 1 aromatic carbocycles. The van der Waals surface area contributed by atoms with Gasteiger partial charge in [0.1, 0.15) is 5.76 Å². The van der Waals surface area contributed by atoms with Crippen LogP contribution in [0.2, 0.25) is 0 Å². The monoisotopic (exact) mass is 331 g/mol. The molecule has 2 aromatic rings. The van der Waals surface area contributed by atoms with Gasteiger partial charge >= 0.3 is 0 Å². The first kappa shape index (κ1) is 17.9. The van der Waals surface area contributed by atoms with Crippen LogP contribution in [0.1, 0.15) is 48.7 Å². The van der Waals surface area contributed by atoms with E-state index in [1.54, 1.807) is 37.6 Å². The van der Waals surface area contributed by atoms with Gasteiger partial charge in [-0.3, -0.25) is 4.79 Å². The zero-order chi connectivity index (χ0) is 17.2. The summed E-state index contributed by atoms with van der Waals surface area (Å²) < 4.78 is 16.3. The van der Waals surface area contributed by atoms with Crippen LogP contribution in [-0.4, -0.2) is 19.6 Å². The van der Waals surface area contributed by atoms with E-state index in [1.807, 2.05) is 6.07 Å². The second-order valence-electron chi connectivity index (χ2n) is 5.54. The molecule has 24 heavy (non-hydrogen) atoms. The summed E-state index contributed by atoms with van der Waals surface area (Å²) in [5, 5.41) is 2.81. The number of carbonyl (C=O) groups is 1. The Morgan fingerprint density at radius 3 is 2.75 bits per heavy atom. The van der Waals surface area contributed by atoms with Gasteiger partial charge < -0.3 is 19.2 Å². The minimum Gasteiger partial charge on any atom is -0.493 e. The minimum absolute atomic E-state index is 0.181. The fourth-order valence-electron chi connectivity index (χ4n) is 2.32. The first-order valence-corrected chi connectivity index (χ1v) is 8.36. The highest BCUT2D eigenvalue weighted by molar-refractivity contribution is 5.94. The van der Waals surface area contributed by atoms with Crippen molar-refractivity contribution in [1.82, 2.24) is 5.32 Å². The standard InChI is InChI=1S/C19H25NO4/c1-3-4-5-6-11-24-17-10-9-15(13-18(17)22-2)19(21)20-14-16-8-7-12-23-16/h7-10,12-13H,3-6,11,14H2,1-2H3,(H,20,21). The first-order chi connectivity index (χ1) is 11.7. The van der Waals surface area contributed by atoms with Gasteiger partial charge in [0, 0.05) is 5.56 Å². The molecule has 0 radical (unpaired) electrons. The van der Waals surface area contributed by atoms with E-state index in [0.29, 0.717) is 36.0 Å². The number of nitrogens with one attached hydrogen (secondary N) is 1. The molecule has 1 N–H and O–H groups in total. The average Bonchev–Trinajstić information content (AvgIpc) is 3.13. The molecule has 0 fully saturated rings. The molecule has 0 aliphatic heterocycles. The summed E-state index contributed by atoms with van der Waals surface area (Å²) in [6.45, 7) is 3.18. The predicted octanol–water partition coefficient (Wildman–Crippen LogP) is 4.18. The van der Waals surface area contributed by atoms with Gasteiger partial charge in [-0.15, -0.1) is 0 Å². The van der Waals surface area contributed by atoms with Gasteiger partial charge in [0.2, 0.25) is 0 Å². The maximum Gasteiger partial charge on any atom is 0.251 e. The van der Waals surface area contributed by atoms with E-state index in [0.717, 1.165) is 12.8 Å². The number of ether oxygens (including phenoxy) is 2. The van der Waals surface area contributed by atoms with Crippen molar-refractivity contribution in [2.75, 3.05) is 13.7 Å². The summed E-state index contributed by atoms with van der Waals surface area (Å²) in [5.41, 5.74) is 0.525. The molecule has 0 spiro atoms. The molecule has 0 unspecified atom stereocenters. The van der Waals surface area contributed by atoms with E-state index < -0.39 is 0 Å². The number of amides is 1. The number of carbonyl (C=O) groups excluding carboxylic acids is 1. The number of benzene rings is 1. The van der Waals surface area contributed by atoms with Gasteiger partial charge in [-0.1, -0.05) is 26.2 Å². The van der Waals surface area contributed by atoms with E-state index in [2.05, 4.69) is 12.2 Å². The van der Waals surface area contributed by atoms with E-state index in [1.165, 1.54) is 12.8 Å². The Morgan fingerprint density at radius 2 is 2.04 bits per heavy atom. The third kappa shape index (κ3) is 5.33. The highest BCUT2D eigenvalue weighted by Crippen LogP contribution is 2.28. The molecule has 1 aromatic heterocycles. The number of furan rings is 1. The van der Waals surface area contributed by atoms with E-state index >= 15 is 0 Å². The van der Waals surface area contributed by atoms with E-state index in [-0.39, 0.29) is 5.91 Å². The summed E-state index contributed by atoms with van der Waals surface area (Å²) in [6.07, 6.45) is 6.17. The summed E-state index contributed by atoms with van der Waals surface area (Å²) >= 11 is 0. The lowest BCUT2D eigenvalue weighted by atomic mass is 10.2. The summed E-state index contributed by atoms with van der Waals surface area (Å²) in [7, 11) is 1.57. The van der Waals surface area contributed by atoms with Crippen LogP contribution < -0.4 is 14.8 Å². The van der Waals surface area contributed by atoms with Gasteiger partial charge in [-0.05, 0) is 36.8 Å². The van der Waals surface area contributed by atoms with Crippen molar-refractivity contribution in [2.24, 2.45) is 0 Å². The molecule has 0 saturated carbocycles. The molecular weight excluding hydrogens is 306 g/mol. The number of rotatable bonds is 10. The molecule has 1 amide bonds. The molecule has 0 bridgehead atoms. The highest BCUT2D eigenvalue weighted by atomic mass is 16.5. The van der Waals surface area contributed by atoms with Crippen molar-refractivity contribution in [3.05, 3.63) is 47.9 Å². The SMILES string of the molecule is CCCCCCOc1ccc(C(=O)NCc2ccco2)cc1OC. The zero-order valence-corrected chi connectivity index (χ0v) is 14.3. The van der Waals surface area contributed by atoms with Crippen molar-refractivity contribution in [2.45, 2.75) is 39.2 Å². The second-order valence-corrected chi connectivity index (χ2v) is 5.54. The zero-order valence-electron chi connectivity index (χ0n) is 14.3. The number of hydrogen-bond acceptors (Lipinski definition) is 4. The lowest BCUT2D eigenvalue weighted by molar-refractivity contribution is 0.0947. The van der Waals surface area contributed by atoms with Crippen molar-refractivity contribution >= 4 is 5.91 Å². The van der Waals surface area contributed by atoms with Crippen LogP contribution in [0.4, 0.5) is 0 Å². The van der Waals surface area contributed by atoms with E-state index in [9.17, 15) is 4.79 Å². The fourth-order valence-corrected chi connectivity index (χ4v) is 2.32. The molecule has 0 aliphatic carbocycles. The maximum atomic E-state index is 12.2. The topological polar surface area (TPSA) is 60.7 Å². The fraction of sp³-hybridized carbons (Fsp3) is 0.421. The number of unbranched alkanes of at least 4 members (excludes halogenated alkanes) is 3. The van der Waals surface area contributed by atoms with Crippen molar-refractivity contribution < 1.29 is 18.7 Å². The summed E-state index contributed by atoms with van der Waals surface area (Å²) in [5.74, 6) is 1.76. The van der Waals surface area contributed by atoms with Crippen LogP contribution in [-0.2, 0) is 6.54 Å². The third-order valence-corrected chi connectivity index (χ3v) is 3.68. The molecular formula is C19H25NO4. The van der Waals surface area contributed by atoms with Crippen LogP contribution in [0, 0.1) is 0 Å². The van der Waals surface area contributed by atoms with Crippen molar-refractivity contribution in [1.29, 1.82) is 0 Å². The van der Waals surface area contributed by atoms with Crippen LogP contribution in [0.15, 0.2) is 41.0 Å². The molecule has 1 heterocycles. The summed E-state index contributed by atoms with van der Waals surface area (Å²) in [4.78, 5) is 12.2. The quantitative estimate of drug-likeness (QED) is 0.664. The largest absolute Gasteiger partial charge is 0.493 e. The summed E-state index contributed by atoms with van der Waals surface area (Å²) in [6, 6.07) is 8.81. The Hall–Kier alpha value is -2.43. The van der Waals surface area contributed by atoms with Crippen molar-refractivity contribution in [3.8, 4) is 11.5 Å². The normalized spacial score (nSPS) is 10.4. The van der Waals surface area contributed by atoms with Gasteiger partial charge in [0.25, 0.3) is 5.91 Å². The first-order valence-electron chi connectivity index (χ1n) is 8.36. The van der Waals surface area contributed by atoms with Gasteiger partial charge in [-0.2, -0.15) is 0 Å². The predicted molar refractivity (Wildman–Crippen MR) is 92.5 cm³/mol. The second kappa shape index (κ2) is 9.65. The van der Waals surface area contributed by atoms with Gasteiger partial charge in [0.05, 0.1) is 26.5 Å². The Balaban J connectivity index is 1.90. The molecule has 2 rings (SSSR count). The number of hydrogen-bond donors (Lipinski definition) is 1. The molecule has 5 nitrogen and oxygen atoms in total. The Labute approximate surface area is 143 Å². The lowest BCUT2D eigenvalue weighted by Crippen LogP contribution is -2.22. The Morgan fingerprint density at radius 1 is 1.17 bits per heavy atom. The van der Waals surface area contributed by atoms with E-state index in [4.69, 9.17) is 13.9 Å². The van der Waals surface area contributed by atoms with Crippen LogP contribution in [0.3, 0.4) is 0 Å². The number of methoxy groups -OCH3 is 1. The smallest absolute Gasteiger partial charge is 0.251 e. The van der Waals surface area contributed by atoms with Gasteiger partial charge in [-0.25, -0.2) is 0 Å². The Bertz CT molecular complexity index is 622. The maximum absolute atomic E-state index is 12.2. The molecule has 130 valence electrons.